The molecule has 1 heterocycles. The van der Waals surface area contributed by atoms with Gasteiger partial charge in [-0.2, -0.15) is 0 Å². The van der Waals surface area contributed by atoms with Gasteiger partial charge >= 0.3 is 0 Å². The number of nitrogens with zero attached hydrogens (tertiary/aromatic N) is 1. The van der Waals surface area contributed by atoms with Crippen LogP contribution >= 0.6 is 11.3 Å². The third-order valence-electron chi connectivity index (χ3n) is 2.68. The monoisotopic (exact) mass is 208 g/mol. The highest BCUT2D eigenvalue weighted by molar-refractivity contribution is 7.15. The van der Waals surface area contributed by atoms with Crippen molar-refractivity contribution in [2.75, 3.05) is 11.9 Å². The summed E-state index contributed by atoms with van der Waals surface area (Å²) >= 11 is 1.80. The van der Waals surface area contributed by atoms with Crippen LogP contribution in [-0.4, -0.2) is 11.5 Å². The molecule has 1 aromatic heterocycles. The molecule has 0 radical (unpaired) electrons. The number of hydrogen-bond donors (Lipinski definition) is 1. The van der Waals surface area contributed by atoms with Crippen molar-refractivity contribution in [1.29, 1.82) is 0 Å². The Morgan fingerprint density at radius 1 is 1.57 bits per heavy atom. The minimum Gasteiger partial charge on any atom is -0.358 e. The van der Waals surface area contributed by atoms with Crippen molar-refractivity contribution < 1.29 is 0 Å². The lowest BCUT2D eigenvalue weighted by atomic mass is 10.1. The molecular formula is C11H16N2S. The van der Waals surface area contributed by atoms with Crippen molar-refractivity contribution in [3.05, 3.63) is 23.7 Å². The summed E-state index contributed by atoms with van der Waals surface area (Å²) in [7, 11) is 0. The second-order valence-corrected chi connectivity index (χ2v) is 4.78. The fourth-order valence-electron chi connectivity index (χ4n) is 1.93. The van der Waals surface area contributed by atoms with E-state index in [-0.39, 0.29) is 0 Å². The zero-order valence-electron chi connectivity index (χ0n) is 8.33. The maximum atomic E-state index is 4.36. The highest BCUT2D eigenvalue weighted by atomic mass is 32.1. The normalized spacial score (nSPS) is 17.1. The fraction of sp³-hybridized carbons (Fsp3) is 0.545. The largest absolute Gasteiger partial charge is 0.358 e. The van der Waals surface area contributed by atoms with E-state index in [4.69, 9.17) is 0 Å². The van der Waals surface area contributed by atoms with Gasteiger partial charge in [0.1, 0.15) is 0 Å². The van der Waals surface area contributed by atoms with Crippen LogP contribution in [0.1, 0.15) is 36.5 Å². The van der Waals surface area contributed by atoms with E-state index in [0.717, 1.165) is 17.6 Å². The van der Waals surface area contributed by atoms with Gasteiger partial charge < -0.3 is 5.32 Å². The SMILES string of the molecule is C=CCNc1ncc(C2CCCC2)s1. The molecule has 0 unspecified atom stereocenters. The molecule has 0 amide bonds. The standard InChI is InChI=1S/C11H16N2S/c1-2-7-12-11-13-8-10(14-11)9-5-3-4-6-9/h2,8-9H,1,3-7H2,(H,12,13). The van der Waals surface area contributed by atoms with Gasteiger partial charge in [0.05, 0.1) is 0 Å². The first-order chi connectivity index (χ1) is 6.90. The summed E-state index contributed by atoms with van der Waals surface area (Å²) in [6.07, 6.45) is 9.37. The van der Waals surface area contributed by atoms with Crippen LogP contribution < -0.4 is 5.32 Å². The molecule has 1 fully saturated rings. The molecule has 76 valence electrons. The smallest absolute Gasteiger partial charge is 0.183 e. The Labute approximate surface area is 89.1 Å². The van der Waals surface area contributed by atoms with E-state index < -0.39 is 0 Å². The molecule has 3 heteroatoms. The van der Waals surface area contributed by atoms with Crippen LogP contribution in [0.25, 0.3) is 0 Å². The number of thiazole rings is 1. The predicted molar refractivity (Wildman–Crippen MR) is 62.0 cm³/mol. The molecule has 1 aromatic rings. The molecule has 0 aromatic carbocycles. The van der Waals surface area contributed by atoms with Gasteiger partial charge in [-0.05, 0) is 18.8 Å². The number of nitrogens with one attached hydrogen (secondary N) is 1. The second kappa shape index (κ2) is 4.60. The predicted octanol–water partition coefficient (Wildman–Crippen LogP) is 3.40. The molecule has 1 aliphatic carbocycles. The van der Waals surface area contributed by atoms with Gasteiger partial charge in [-0.15, -0.1) is 17.9 Å². The first kappa shape index (κ1) is 9.71. The van der Waals surface area contributed by atoms with Crippen molar-refractivity contribution in [2.24, 2.45) is 0 Å². The van der Waals surface area contributed by atoms with Gasteiger partial charge in [-0.3, -0.25) is 0 Å². The fourth-order valence-corrected chi connectivity index (χ4v) is 2.92. The maximum Gasteiger partial charge on any atom is 0.183 e. The van der Waals surface area contributed by atoms with Crippen LogP contribution in [0.2, 0.25) is 0 Å². The third kappa shape index (κ3) is 2.15. The summed E-state index contributed by atoms with van der Waals surface area (Å²) < 4.78 is 0. The molecule has 1 saturated carbocycles. The second-order valence-electron chi connectivity index (χ2n) is 3.72. The molecule has 1 aliphatic rings. The van der Waals surface area contributed by atoms with E-state index >= 15 is 0 Å². The van der Waals surface area contributed by atoms with Crippen molar-refractivity contribution in [1.82, 2.24) is 4.98 Å². The number of aromatic nitrogens is 1. The highest BCUT2D eigenvalue weighted by Gasteiger charge is 2.19. The Morgan fingerprint density at radius 2 is 2.36 bits per heavy atom. The first-order valence-electron chi connectivity index (χ1n) is 5.20. The van der Waals surface area contributed by atoms with Gasteiger partial charge in [-0.1, -0.05) is 18.9 Å². The number of anilines is 1. The van der Waals surface area contributed by atoms with Gasteiger partial charge in [0, 0.05) is 17.6 Å². The van der Waals surface area contributed by atoms with Crippen molar-refractivity contribution in [3.63, 3.8) is 0 Å². The molecule has 0 spiro atoms. The van der Waals surface area contributed by atoms with Crippen LogP contribution in [0, 0.1) is 0 Å². The molecule has 2 rings (SSSR count). The minimum absolute atomic E-state index is 0.784. The molecule has 0 aliphatic heterocycles. The van der Waals surface area contributed by atoms with Crippen molar-refractivity contribution >= 4 is 16.5 Å². The topological polar surface area (TPSA) is 24.9 Å². The van der Waals surface area contributed by atoms with Crippen molar-refractivity contribution in [3.8, 4) is 0 Å². The molecule has 0 saturated heterocycles. The Hall–Kier alpha value is -0.830. The quantitative estimate of drug-likeness (QED) is 0.767. The third-order valence-corrected chi connectivity index (χ3v) is 3.80. The Bertz CT molecular complexity index is 300. The van der Waals surface area contributed by atoms with Crippen LogP contribution in [0.3, 0.4) is 0 Å². The summed E-state index contributed by atoms with van der Waals surface area (Å²) in [6.45, 7) is 4.48. The molecule has 14 heavy (non-hydrogen) atoms. The van der Waals surface area contributed by atoms with E-state index in [2.05, 4.69) is 16.9 Å². The van der Waals surface area contributed by atoms with Crippen LogP contribution in [0.15, 0.2) is 18.9 Å². The van der Waals surface area contributed by atoms with Gasteiger partial charge in [-0.25, -0.2) is 4.98 Å². The average molecular weight is 208 g/mol. The molecule has 2 nitrogen and oxygen atoms in total. The summed E-state index contributed by atoms with van der Waals surface area (Å²) in [5.74, 6) is 0.784. The zero-order chi connectivity index (χ0) is 9.80. The minimum atomic E-state index is 0.784. The van der Waals surface area contributed by atoms with Gasteiger partial charge in [0.15, 0.2) is 5.13 Å². The molecule has 0 atom stereocenters. The number of hydrogen-bond acceptors (Lipinski definition) is 3. The van der Waals surface area contributed by atoms with E-state index in [1.165, 1.54) is 30.6 Å². The van der Waals surface area contributed by atoms with Crippen LogP contribution in [-0.2, 0) is 0 Å². The van der Waals surface area contributed by atoms with Crippen LogP contribution in [0.5, 0.6) is 0 Å². The Morgan fingerprint density at radius 3 is 3.07 bits per heavy atom. The average Bonchev–Trinajstić information content (AvgIpc) is 2.85. The summed E-state index contributed by atoms with van der Waals surface area (Å²) in [4.78, 5) is 5.81. The lowest BCUT2D eigenvalue weighted by Crippen LogP contribution is -1.95. The number of rotatable bonds is 4. The first-order valence-corrected chi connectivity index (χ1v) is 6.02. The Kier molecular flexibility index (Phi) is 3.19. The van der Waals surface area contributed by atoms with E-state index in [1.54, 1.807) is 11.3 Å². The molecular weight excluding hydrogens is 192 g/mol. The zero-order valence-corrected chi connectivity index (χ0v) is 9.15. The van der Waals surface area contributed by atoms with Gasteiger partial charge in [0.2, 0.25) is 0 Å². The van der Waals surface area contributed by atoms with E-state index in [9.17, 15) is 0 Å². The lowest BCUT2D eigenvalue weighted by Gasteiger charge is -2.02. The van der Waals surface area contributed by atoms with E-state index in [1.807, 2.05) is 12.3 Å². The lowest BCUT2D eigenvalue weighted by molar-refractivity contribution is 0.736. The molecule has 0 bridgehead atoms. The summed E-state index contributed by atoms with van der Waals surface area (Å²) in [6, 6.07) is 0. The summed E-state index contributed by atoms with van der Waals surface area (Å²) in [5.41, 5.74) is 0. The van der Waals surface area contributed by atoms with Crippen LogP contribution in [0.4, 0.5) is 5.13 Å². The van der Waals surface area contributed by atoms with Crippen molar-refractivity contribution in [2.45, 2.75) is 31.6 Å². The maximum absolute atomic E-state index is 4.36. The van der Waals surface area contributed by atoms with Gasteiger partial charge in [0.25, 0.3) is 0 Å². The van der Waals surface area contributed by atoms with E-state index in [0.29, 0.717) is 0 Å². The Balaban J connectivity index is 1.97. The summed E-state index contributed by atoms with van der Waals surface area (Å²) in [5, 5.41) is 4.26. The highest BCUT2D eigenvalue weighted by Crippen LogP contribution is 2.37. The molecule has 1 N–H and O–H groups in total.